The molecule has 2 aliphatic heterocycles. The maximum Gasteiger partial charge on any atom is 0.163 e. The lowest BCUT2D eigenvalue weighted by Crippen LogP contribution is -2.50. The molecule has 5 atom stereocenters. The Bertz CT molecular complexity index is 477. The van der Waals surface area contributed by atoms with Crippen molar-refractivity contribution in [2.24, 2.45) is 0 Å². The van der Waals surface area contributed by atoms with E-state index in [0.717, 1.165) is 12.7 Å². The highest BCUT2D eigenvalue weighted by Crippen LogP contribution is 2.38. The van der Waals surface area contributed by atoms with Crippen molar-refractivity contribution < 1.29 is 33.9 Å². The van der Waals surface area contributed by atoms with Gasteiger partial charge in [-0.15, -0.1) is 0 Å². The summed E-state index contributed by atoms with van der Waals surface area (Å²) in [5, 5.41) is 19.2. The SMILES string of the molecule is CC1(C)O[C@H]2[C@H](/C=C/COCOCC[Si](C)(C)C)O[C@@H]([C@H](O)CO)C[C@H]2O1. The van der Waals surface area contributed by atoms with Gasteiger partial charge in [-0.3, -0.25) is 0 Å². The largest absolute Gasteiger partial charge is 0.394 e. The number of fused-ring (bicyclic) bond motifs is 1. The van der Waals surface area contributed by atoms with E-state index < -0.39 is 26.1 Å². The smallest absolute Gasteiger partial charge is 0.163 e. The zero-order valence-electron chi connectivity index (χ0n) is 17.2. The van der Waals surface area contributed by atoms with Crippen molar-refractivity contribution in [2.75, 3.05) is 26.6 Å². The average molecular weight is 405 g/mol. The van der Waals surface area contributed by atoms with Gasteiger partial charge >= 0.3 is 0 Å². The van der Waals surface area contributed by atoms with E-state index in [-0.39, 0.29) is 31.7 Å². The third-order valence-corrected chi connectivity index (χ3v) is 6.37. The van der Waals surface area contributed by atoms with Gasteiger partial charge in [-0.05, 0) is 19.9 Å². The Kier molecular flexibility index (Phi) is 8.45. The Hall–Kier alpha value is -0.323. The van der Waals surface area contributed by atoms with Crippen LogP contribution in [0.3, 0.4) is 0 Å². The monoisotopic (exact) mass is 404 g/mol. The van der Waals surface area contributed by atoms with Crippen molar-refractivity contribution in [3.05, 3.63) is 12.2 Å². The molecule has 2 heterocycles. The van der Waals surface area contributed by atoms with E-state index in [2.05, 4.69) is 19.6 Å². The molecule has 0 amide bonds. The number of hydrogen-bond acceptors (Lipinski definition) is 7. The molecule has 2 aliphatic rings. The molecule has 0 aromatic heterocycles. The van der Waals surface area contributed by atoms with Gasteiger partial charge in [-0.1, -0.05) is 31.8 Å². The van der Waals surface area contributed by atoms with Crippen LogP contribution in [0, 0.1) is 0 Å². The number of rotatable bonds is 10. The van der Waals surface area contributed by atoms with Gasteiger partial charge in [-0.25, -0.2) is 0 Å². The first-order valence-corrected chi connectivity index (χ1v) is 13.4. The zero-order valence-corrected chi connectivity index (χ0v) is 18.2. The summed E-state index contributed by atoms with van der Waals surface area (Å²) in [6.07, 6.45) is 2.01. The van der Waals surface area contributed by atoms with Gasteiger partial charge in [0.05, 0.1) is 25.4 Å². The molecule has 2 rings (SSSR count). The molecular weight excluding hydrogens is 368 g/mol. The minimum atomic E-state index is -1.07. The molecule has 8 heteroatoms. The summed E-state index contributed by atoms with van der Waals surface area (Å²) in [4.78, 5) is 0. The topological polar surface area (TPSA) is 86.6 Å². The van der Waals surface area contributed by atoms with Gasteiger partial charge in [0, 0.05) is 21.1 Å². The second-order valence-electron chi connectivity index (χ2n) is 8.90. The first-order valence-electron chi connectivity index (χ1n) is 9.73. The van der Waals surface area contributed by atoms with Crippen LogP contribution in [-0.4, -0.2) is 81.2 Å². The lowest BCUT2D eigenvalue weighted by Gasteiger charge is -2.37. The molecule has 0 unspecified atom stereocenters. The van der Waals surface area contributed by atoms with Crippen molar-refractivity contribution >= 4 is 8.07 Å². The van der Waals surface area contributed by atoms with Crippen molar-refractivity contribution in [2.45, 2.75) is 82.3 Å². The number of hydrogen-bond donors (Lipinski definition) is 2. The first-order chi connectivity index (χ1) is 12.6. The van der Waals surface area contributed by atoms with E-state index in [9.17, 15) is 10.2 Å². The summed E-state index contributed by atoms with van der Waals surface area (Å²) in [6, 6.07) is 1.12. The molecule has 2 N–H and O–H groups in total. The fourth-order valence-corrected chi connectivity index (χ4v) is 3.97. The molecule has 0 bridgehead atoms. The van der Waals surface area contributed by atoms with E-state index in [1.165, 1.54) is 0 Å². The van der Waals surface area contributed by atoms with Crippen molar-refractivity contribution in [3.8, 4) is 0 Å². The van der Waals surface area contributed by atoms with Gasteiger partial charge < -0.3 is 33.9 Å². The summed E-state index contributed by atoms with van der Waals surface area (Å²) in [7, 11) is -1.07. The van der Waals surface area contributed by atoms with Crippen LogP contribution in [0.25, 0.3) is 0 Å². The summed E-state index contributed by atoms with van der Waals surface area (Å²) < 4.78 is 28.8. The summed E-state index contributed by atoms with van der Waals surface area (Å²) in [5.74, 6) is -0.690. The van der Waals surface area contributed by atoms with Crippen LogP contribution < -0.4 is 0 Å². The molecule has 0 aromatic rings. The molecule has 27 heavy (non-hydrogen) atoms. The molecule has 0 aromatic carbocycles. The van der Waals surface area contributed by atoms with Gasteiger partial charge in [-0.2, -0.15) is 0 Å². The number of aliphatic hydroxyl groups excluding tert-OH is 2. The van der Waals surface area contributed by atoms with E-state index >= 15 is 0 Å². The summed E-state index contributed by atoms with van der Waals surface area (Å²) >= 11 is 0. The second-order valence-corrected chi connectivity index (χ2v) is 14.5. The zero-order chi connectivity index (χ0) is 20.1. The third-order valence-electron chi connectivity index (χ3n) is 4.66. The minimum Gasteiger partial charge on any atom is -0.394 e. The maximum atomic E-state index is 9.97. The summed E-state index contributed by atoms with van der Waals surface area (Å²) in [6.45, 7) is 11.7. The fraction of sp³-hybridized carbons (Fsp3) is 0.895. The van der Waals surface area contributed by atoms with Crippen LogP contribution in [0.1, 0.15) is 20.3 Å². The lowest BCUT2D eigenvalue weighted by atomic mass is 9.95. The van der Waals surface area contributed by atoms with Crippen LogP contribution in [0.4, 0.5) is 0 Å². The third kappa shape index (κ3) is 7.55. The first kappa shape index (κ1) is 23.0. The van der Waals surface area contributed by atoms with Gasteiger partial charge in [0.25, 0.3) is 0 Å². The lowest BCUT2D eigenvalue weighted by molar-refractivity contribution is -0.160. The van der Waals surface area contributed by atoms with E-state index in [1.54, 1.807) is 0 Å². The maximum absolute atomic E-state index is 9.97. The molecule has 0 saturated carbocycles. The molecular formula is C19H36O7Si. The Labute approximate surface area is 163 Å². The van der Waals surface area contributed by atoms with Crippen molar-refractivity contribution in [1.82, 2.24) is 0 Å². The van der Waals surface area contributed by atoms with Crippen LogP contribution in [0.5, 0.6) is 0 Å². The quantitative estimate of drug-likeness (QED) is 0.249. The summed E-state index contributed by atoms with van der Waals surface area (Å²) in [5.41, 5.74) is 0. The molecule has 0 aliphatic carbocycles. The van der Waals surface area contributed by atoms with E-state index in [0.29, 0.717) is 13.0 Å². The molecule has 158 valence electrons. The highest BCUT2D eigenvalue weighted by atomic mass is 28.3. The fourth-order valence-electron chi connectivity index (χ4n) is 3.21. The van der Waals surface area contributed by atoms with Crippen LogP contribution in [0.15, 0.2) is 12.2 Å². The molecule has 2 saturated heterocycles. The Morgan fingerprint density at radius 2 is 1.96 bits per heavy atom. The van der Waals surface area contributed by atoms with Gasteiger partial charge in [0.15, 0.2) is 5.79 Å². The molecule has 7 nitrogen and oxygen atoms in total. The van der Waals surface area contributed by atoms with Crippen LogP contribution >= 0.6 is 0 Å². The van der Waals surface area contributed by atoms with Crippen molar-refractivity contribution in [1.29, 1.82) is 0 Å². The standard InChI is InChI=1S/C19H36O7Si/c1-19(2)25-17-11-16(14(21)12-20)24-15(18(17)26-19)7-6-8-22-13-23-9-10-27(3,4)5/h6-7,14-18,20-21H,8-13H2,1-5H3/b7-6+/t14-,15+,16-,17-,18+/m1/s1. The molecule has 0 spiro atoms. The Balaban J connectivity index is 1.79. The normalized spacial score (nSPS) is 32.0. The van der Waals surface area contributed by atoms with Crippen LogP contribution in [0.2, 0.25) is 25.7 Å². The van der Waals surface area contributed by atoms with Gasteiger partial charge in [0.2, 0.25) is 0 Å². The number of ether oxygens (including phenoxy) is 5. The Morgan fingerprint density at radius 1 is 1.22 bits per heavy atom. The molecule has 0 radical (unpaired) electrons. The average Bonchev–Trinajstić information content (AvgIpc) is 2.89. The minimum absolute atomic E-state index is 0.180. The van der Waals surface area contributed by atoms with Gasteiger partial charge in [0.1, 0.15) is 25.1 Å². The predicted octanol–water partition coefficient (Wildman–Crippen LogP) is 1.90. The Morgan fingerprint density at radius 3 is 2.63 bits per heavy atom. The highest BCUT2D eigenvalue weighted by molar-refractivity contribution is 6.76. The number of aliphatic hydroxyl groups is 2. The highest BCUT2D eigenvalue weighted by Gasteiger charge is 2.50. The van der Waals surface area contributed by atoms with Crippen molar-refractivity contribution in [3.63, 3.8) is 0 Å². The molecule has 2 fully saturated rings. The predicted molar refractivity (Wildman–Crippen MR) is 104 cm³/mol. The van der Waals surface area contributed by atoms with E-state index in [1.807, 2.05) is 26.0 Å². The van der Waals surface area contributed by atoms with Crippen LogP contribution in [-0.2, 0) is 23.7 Å². The van der Waals surface area contributed by atoms with E-state index in [4.69, 9.17) is 23.7 Å². The second kappa shape index (κ2) is 9.93.